The van der Waals surface area contributed by atoms with E-state index < -0.39 is 6.51 Å². The molecule has 10 aliphatic rings. The molecule has 8 atom stereocenters. The molecule has 1 spiro atoms. The first-order valence-electron chi connectivity index (χ1n) is 17.3. The van der Waals surface area contributed by atoms with Crippen molar-refractivity contribution in [1.29, 1.82) is 0 Å². The molecule has 0 aromatic carbocycles. The Kier molecular flexibility index (Phi) is 2.72. The van der Waals surface area contributed by atoms with Crippen LogP contribution in [0.3, 0.4) is 0 Å². The van der Waals surface area contributed by atoms with Crippen LogP contribution in [0.4, 0.5) is 0 Å². The standard InChI is InChI=1S/2C17H25O3.Fe/c2*1-2-20-17(19)14-8-6-4-3-5-7-13-16(18)15-11-9-10-12-15;/h2*9-12H,2-8,13-14H2,1H3;. The monoisotopic (exact) mass is 610 g/mol. The van der Waals surface area contributed by atoms with Gasteiger partial charge < -0.3 is 0 Å². The van der Waals surface area contributed by atoms with Crippen molar-refractivity contribution in [3.63, 3.8) is 0 Å². The van der Waals surface area contributed by atoms with Crippen molar-refractivity contribution in [1.82, 2.24) is 0 Å². The Morgan fingerprint density at radius 1 is 0.488 bits per heavy atom. The van der Waals surface area contributed by atoms with E-state index in [1.807, 2.05) is 13.8 Å². The van der Waals surface area contributed by atoms with Gasteiger partial charge in [-0.05, 0) is 13.8 Å². The maximum atomic E-state index is 14.1. The number of fused-ring (bicyclic) bond motifs is 10. The zero-order valence-corrected chi connectivity index (χ0v) is 26.3. The number of hydrogen-bond acceptors (Lipinski definition) is 6. The quantitative estimate of drug-likeness (QED) is 0.0693. The van der Waals surface area contributed by atoms with Gasteiger partial charge in [-0.2, -0.15) is 0 Å². The van der Waals surface area contributed by atoms with Crippen LogP contribution in [-0.4, -0.2) is 36.7 Å². The molecular weight excluding hydrogens is 560 g/mol. The Labute approximate surface area is 235 Å². The van der Waals surface area contributed by atoms with E-state index in [0.29, 0.717) is 37.6 Å². The molecule has 230 valence electrons. The molecule has 6 nitrogen and oxygen atoms in total. The second-order valence-corrected chi connectivity index (χ2v) is 40.7. The number of carbonyl (C=O) groups excluding carboxylic acids is 4. The fourth-order valence-corrected chi connectivity index (χ4v) is 97.5. The van der Waals surface area contributed by atoms with E-state index in [1.54, 1.807) is 0 Å². The Balaban J connectivity index is 0.721. The predicted molar refractivity (Wildman–Crippen MR) is 153 cm³/mol. The minimum absolute atomic E-state index is 0.0819. The molecule has 0 N–H and O–H groups in total. The van der Waals surface area contributed by atoms with Gasteiger partial charge in [0.05, 0.1) is 13.2 Å². The molecule has 10 rings (SSSR count). The van der Waals surface area contributed by atoms with Crippen molar-refractivity contribution in [2.24, 2.45) is 0 Å². The summed E-state index contributed by atoms with van der Waals surface area (Å²) in [5.41, 5.74) is 0. The van der Waals surface area contributed by atoms with Crippen LogP contribution in [0.2, 0.25) is 47.2 Å². The van der Waals surface area contributed by atoms with Crippen LogP contribution in [0.15, 0.2) is 0 Å². The van der Waals surface area contributed by atoms with Crippen LogP contribution in [0.25, 0.3) is 0 Å². The fourth-order valence-electron chi connectivity index (χ4n) is 21.4. The van der Waals surface area contributed by atoms with Gasteiger partial charge in [-0.1, -0.05) is 0 Å². The second kappa shape index (κ2) is 4.44. The Bertz CT molecular complexity index is 1500. The van der Waals surface area contributed by atoms with Gasteiger partial charge in [0.1, 0.15) is 0 Å². The number of carbonyl (C=O) groups is 4. The molecule has 7 heteroatoms. The third kappa shape index (κ3) is 0.749. The topological polar surface area (TPSA) is 86.7 Å². The molecule has 0 aromatic rings. The van der Waals surface area contributed by atoms with E-state index in [-0.39, 0.29) is 20.6 Å². The van der Waals surface area contributed by atoms with Crippen LogP contribution >= 0.6 is 0 Å². The summed E-state index contributed by atoms with van der Waals surface area (Å²) in [7, 11) is 0. The number of Topliss-reactive ketones (excluding diaryl/α,β-unsaturated/α-hetero) is 2. The van der Waals surface area contributed by atoms with Gasteiger partial charge in [-0.25, -0.2) is 0 Å². The van der Waals surface area contributed by atoms with Crippen molar-refractivity contribution >= 4 is 23.5 Å². The maximum absolute atomic E-state index is 14.1. The van der Waals surface area contributed by atoms with Crippen molar-refractivity contribution in [3.8, 4) is 0 Å². The van der Waals surface area contributed by atoms with Crippen LogP contribution < -0.4 is 0 Å². The molecule has 0 aromatic heterocycles. The molecule has 10 saturated heterocycles. The van der Waals surface area contributed by atoms with Crippen molar-refractivity contribution in [2.75, 3.05) is 13.2 Å². The molecule has 0 amide bonds. The zero-order chi connectivity index (χ0) is 28.4. The number of ether oxygens (including phenoxy) is 2. The molecule has 8 unspecified atom stereocenters. The van der Waals surface area contributed by atoms with E-state index in [0.717, 1.165) is 128 Å². The van der Waals surface area contributed by atoms with Gasteiger partial charge in [0, 0.05) is 0 Å². The van der Waals surface area contributed by atoms with Crippen LogP contribution in [-0.2, 0) is 35.2 Å². The summed E-state index contributed by atoms with van der Waals surface area (Å²) in [6, 6.07) is 0. The average Bonchev–Trinajstić information content (AvgIpc) is 3.89. The van der Waals surface area contributed by atoms with Crippen LogP contribution in [0.5, 0.6) is 0 Å². The van der Waals surface area contributed by atoms with E-state index >= 15 is 0 Å². The summed E-state index contributed by atoms with van der Waals surface area (Å²) >= 11 is 0. The molecule has 10 heterocycles. The third-order valence-electron chi connectivity index (χ3n) is 20.3. The minimum atomic E-state index is -4.02. The second-order valence-electron chi connectivity index (χ2n) is 17.5. The molecule has 10 aliphatic heterocycles. The number of ketones is 2. The summed E-state index contributed by atoms with van der Waals surface area (Å²) in [4.78, 5) is 58.5. The Morgan fingerprint density at radius 3 is 1.07 bits per heavy atom. The molecule has 10 fully saturated rings. The van der Waals surface area contributed by atoms with Crippen LogP contribution in [0, 0.1) is 0 Å². The summed E-state index contributed by atoms with van der Waals surface area (Å²) < 4.78 is 10.3. The normalized spacial score (nSPS) is 57.7. The number of hydrogen-bond donors (Lipinski definition) is 0. The van der Waals surface area contributed by atoms with Gasteiger partial charge in [0.2, 0.25) is 0 Å². The molecule has 0 bridgehead atoms. The zero-order valence-electron chi connectivity index (χ0n) is 25.1. The number of esters is 2. The third-order valence-corrected chi connectivity index (χ3v) is 63.1. The molecule has 0 aliphatic carbocycles. The van der Waals surface area contributed by atoms with E-state index in [1.165, 1.54) is 0 Å². The number of rotatable bonds is 22. The molecule has 41 heavy (non-hydrogen) atoms. The summed E-state index contributed by atoms with van der Waals surface area (Å²) in [5, 5.41) is 0. The SMILES string of the molecule is CCOC(=O)CCCCCCCCC(=O)[C]12[CH]3[CH]4[CH]5[CH]1[Fe]45321678[CH]2[CH]1[CH]6[C]7(C(=O)CCCCCCCCC(=O)OCC)[CH]28. The first-order chi connectivity index (χ1) is 19.7. The number of unbranched alkanes of at least 4 members (excludes halogenated alkanes) is 10. The molecule has 0 radical (unpaired) electrons. The predicted octanol–water partition coefficient (Wildman–Crippen LogP) is 8.62. The Hall–Kier alpha value is -1.20. The van der Waals surface area contributed by atoms with Crippen molar-refractivity contribution < 1.29 is 35.2 Å². The van der Waals surface area contributed by atoms with Crippen molar-refractivity contribution in [3.05, 3.63) is 0 Å². The van der Waals surface area contributed by atoms with E-state index in [4.69, 9.17) is 9.47 Å². The van der Waals surface area contributed by atoms with Gasteiger partial charge in [-0.3, -0.25) is 0 Å². The summed E-state index contributed by atoms with van der Waals surface area (Å²) in [6.45, 7) is 0.604. The van der Waals surface area contributed by atoms with Gasteiger partial charge in [-0.15, -0.1) is 0 Å². The summed E-state index contributed by atoms with van der Waals surface area (Å²) in [6.07, 6.45) is 15.5. The summed E-state index contributed by atoms with van der Waals surface area (Å²) in [5.74, 6) is 1.20. The van der Waals surface area contributed by atoms with E-state index in [2.05, 4.69) is 0 Å². The van der Waals surface area contributed by atoms with Crippen LogP contribution in [0.1, 0.15) is 117 Å². The van der Waals surface area contributed by atoms with Gasteiger partial charge in [0.15, 0.2) is 0 Å². The van der Waals surface area contributed by atoms with Crippen molar-refractivity contribution in [2.45, 2.75) is 164 Å². The fraction of sp³-hybridized carbons (Fsp3) is 0.882. The first kappa shape index (κ1) is 25.2. The first-order valence-corrected chi connectivity index (χ1v) is 23.5. The van der Waals surface area contributed by atoms with Gasteiger partial charge in [0.25, 0.3) is 0 Å². The molecular formula is C34H50FeO6. The Morgan fingerprint density at radius 2 is 0.780 bits per heavy atom. The molecule has 0 saturated carbocycles. The average molecular weight is 611 g/mol. The van der Waals surface area contributed by atoms with E-state index in [9.17, 15) is 19.2 Å². The van der Waals surface area contributed by atoms with Gasteiger partial charge >= 0.3 is 209 Å².